The van der Waals surface area contributed by atoms with E-state index < -0.39 is 0 Å². The Kier molecular flexibility index (Phi) is 6.37. The van der Waals surface area contributed by atoms with Gasteiger partial charge in [0.1, 0.15) is 13.2 Å². The van der Waals surface area contributed by atoms with Gasteiger partial charge in [-0.2, -0.15) is 0 Å². The first-order valence-electron chi connectivity index (χ1n) is 7.95. The molecule has 1 N–H and O–H groups in total. The number of nitrogens with one attached hydrogen (secondary N) is 1. The minimum Gasteiger partial charge on any atom is -0.486 e. The molecule has 0 aliphatic carbocycles. The molecule has 0 saturated heterocycles. The largest absolute Gasteiger partial charge is 0.486 e. The molecule has 0 saturated carbocycles. The van der Waals surface area contributed by atoms with Crippen LogP contribution in [0.4, 0.5) is 0 Å². The lowest BCUT2D eigenvalue weighted by Crippen LogP contribution is -2.27. The van der Waals surface area contributed by atoms with E-state index in [-0.39, 0.29) is 5.91 Å². The maximum atomic E-state index is 11.8. The SMILES string of the molecule is CCCC(C)CC(=O)NCCc1cc(Cl)c2c(c1)OCCO2. The molecule has 5 heteroatoms. The summed E-state index contributed by atoms with van der Waals surface area (Å²) in [5, 5.41) is 3.53. The smallest absolute Gasteiger partial charge is 0.220 e. The summed E-state index contributed by atoms with van der Waals surface area (Å²) in [5.74, 6) is 1.86. The molecule has 1 aliphatic heterocycles. The fourth-order valence-electron chi connectivity index (χ4n) is 2.64. The van der Waals surface area contributed by atoms with E-state index in [0.29, 0.717) is 48.6 Å². The van der Waals surface area contributed by atoms with Gasteiger partial charge in [-0.3, -0.25) is 4.79 Å². The minimum absolute atomic E-state index is 0.115. The Labute approximate surface area is 137 Å². The van der Waals surface area contributed by atoms with Crippen LogP contribution >= 0.6 is 11.6 Å². The van der Waals surface area contributed by atoms with Crippen molar-refractivity contribution in [3.63, 3.8) is 0 Å². The highest BCUT2D eigenvalue weighted by atomic mass is 35.5. The van der Waals surface area contributed by atoms with Gasteiger partial charge < -0.3 is 14.8 Å². The maximum Gasteiger partial charge on any atom is 0.220 e. The molecule has 0 radical (unpaired) electrons. The zero-order valence-electron chi connectivity index (χ0n) is 13.3. The van der Waals surface area contributed by atoms with E-state index in [1.165, 1.54) is 0 Å². The number of amides is 1. The highest BCUT2D eigenvalue weighted by Crippen LogP contribution is 2.38. The van der Waals surface area contributed by atoms with Crippen LogP contribution in [0.2, 0.25) is 5.02 Å². The van der Waals surface area contributed by atoms with Crippen LogP contribution in [0.15, 0.2) is 12.1 Å². The first kappa shape index (κ1) is 16.9. The van der Waals surface area contributed by atoms with E-state index in [0.717, 1.165) is 24.8 Å². The zero-order chi connectivity index (χ0) is 15.9. The van der Waals surface area contributed by atoms with Gasteiger partial charge in [0.2, 0.25) is 5.91 Å². The quantitative estimate of drug-likeness (QED) is 0.833. The predicted molar refractivity (Wildman–Crippen MR) is 87.8 cm³/mol. The van der Waals surface area contributed by atoms with Gasteiger partial charge in [0.05, 0.1) is 5.02 Å². The molecular formula is C17H24ClNO3. The van der Waals surface area contributed by atoms with Crippen LogP contribution in [0, 0.1) is 5.92 Å². The number of halogens is 1. The highest BCUT2D eigenvalue weighted by molar-refractivity contribution is 6.32. The van der Waals surface area contributed by atoms with Crippen molar-refractivity contribution < 1.29 is 14.3 Å². The second kappa shape index (κ2) is 8.28. The van der Waals surface area contributed by atoms with Crippen molar-refractivity contribution in [1.82, 2.24) is 5.32 Å². The third kappa shape index (κ3) is 4.80. The normalized spacial score (nSPS) is 14.5. The fraction of sp³-hybridized carbons (Fsp3) is 0.588. The Morgan fingerprint density at radius 3 is 2.91 bits per heavy atom. The Hall–Kier alpha value is -1.42. The van der Waals surface area contributed by atoms with Crippen molar-refractivity contribution in [3.8, 4) is 11.5 Å². The predicted octanol–water partition coefficient (Wildman–Crippen LogP) is 3.60. The number of benzene rings is 1. The van der Waals surface area contributed by atoms with Gasteiger partial charge in [0.25, 0.3) is 0 Å². The van der Waals surface area contributed by atoms with Gasteiger partial charge in [-0.05, 0) is 30.0 Å². The van der Waals surface area contributed by atoms with E-state index in [4.69, 9.17) is 21.1 Å². The molecule has 22 heavy (non-hydrogen) atoms. The molecular weight excluding hydrogens is 302 g/mol. The average molecular weight is 326 g/mol. The summed E-state index contributed by atoms with van der Waals surface area (Å²) in [6.45, 7) is 5.92. The summed E-state index contributed by atoms with van der Waals surface area (Å²) in [4.78, 5) is 11.8. The van der Waals surface area contributed by atoms with Crippen LogP contribution in [0.5, 0.6) is 11.5 Å². The second-order valence-corrected chi connectivity index (χ2v) is 6.21. The monoisotopic (exact) mass is 325 g/mol. The minimum atomic E-state index is 0.115. The van der Waals surface area contributed by atoms with E-state index in [1.807, 2.05) is 12.1 Å². The molecule has 0 aromatic heterocycles. The average Bonchev–Trinajstić information content (AvgIpc) is 2.47. The van der Waals surface area contributed by atoms with E-state index >= 15 is 0 Å². The number of ether oxygens (including phenoxy) is 2. The molecule has 1 heterocycles. The van der Waals surface area contributed by atoms with Gasteiger partial charge in [-0.1, -0.05) is 38.3 Å². The third-order valence-electron chi connectivity index (χ3n) is 3.71. The molecule has 1 atom stereocenters. The molecule has 0 bridgehead atoms. The van der Waals surface area contributed by atoms with Crippen molar-refractivity contribution in [2.75, 3.05) is 19.8 Å². The molecule has 122 valence electrons. The Bertz CT molecular complexity index is 519. The van der Waals surface area contributed by atoms with Crippen molar-refractivity contribution in [1.29, 1.82) is 0 Å². The second-order valence-electron chi connectivity index (χ2n) is 5.80. The van der Waals surface area contributed by atoms with Crippen LogP contribution in [-0.2, 0) is 11.2 Å². The summed E-state index contributed by atoms with van der Waals surface area (Å²) in [6.07, 6.45) is 3.52. The molecule has 1 unspecified atom stereocenters. The van der Waals surface area contributed by atoms with Crippen LogP contribution in [0.25, 0.3) is 0 Å². The van der Waals surface area contributed by atoms with Gasteiger partial charge in [0.15, 0.2) is 11.5 Å². The van der Waals surface area contributed by atoms with E-state index in [9.17, 15) is 4.79 Å². The number of fused-ring (bicyclic) bond motifs is 1. The van der Waals surface area contributed by atoms with Crippen molar-refractivity contribution in [3.05, 3.63) is 22.7 Å². The number of hydrogen-bond donors (Lipinski definition) is 1. The van der Waals surface area contributed by atoms with E-state index in [2.05, 4.69) is 19.2 Å². The van der Waals surface area contributed by atoms with Crippen LogP contribution in [0.1, 0.15) is 38.7 Å². The maximum absolute atomic E-state index is 11.8. The molecule has 0 fully saturated rings. The number of carbonyl (C=O) groups is 1. The Morgan fingerprint density at radius 1 is 1.36 bits per heavy atom. The van der Waals surface area contributed by atoms with Gasteiger partial charge in [0, 0.05) is 13.0 Å². The molecule has 1 aromatic carbocycles. The number of rotatable bonds is 7. The van der Waals surface area contributed by atoms with Crippen LogP contribution in [0.3, 0.4) is 0 Å². The Morgan fingerprint density at radius 2 is 2.14 bits per heavy atom. The molecule has 1 aromatic rings. The standard InChI is InChI=1S/C17H24ClNO3/c1-3-4-12(2)9-16(20)19-6-5-13-10-14(18)17-15(11-13)21-7-8-22-17/h10-12H,3-9H2,1-2H3,(H,19,20). The summed E-state index contributed by atoms with van der Waals surface area (Å²) >= 11 is 6.20. The topological polar surface area (TPSA) is 47.6 Å². The summed E-state index contributed by atoms with van der Waals surface area (Å²) in [5.41, 5.74) is 1.04. The summed E-state index contributed by atoms with van der Waals surface area (Å²) in [6, 6.07) is 3.81. The first-order valence-corrected chi connectivity index (χ1v) is 8.32. The van der Waals surface area contributed by atoms with Crippen molar-refractivity contribution in [2.45, 2.75) is 39.5 Å². The highest BCUT2D eigenvalue weighted by Gasteiger charge is 2.16. The zero-order valence-corrected chi connectivity index (χ0v) is 14.0. The van der Waals surface area contributed by atoms with Gasteiger partial charge >= 0.3 is 0 Å². The Balaban J connectivity index is 1.82. The molecule has 1 aliphatic rings. The first-order chi connectivity index (χ1) is 10.6. The molecule has 1 amide bonds. The van der Waals surface area contributed by atoms with Gasteiger partial charge in [-0.25, -0.2) is 0 Å². The van der Waals surface area contributed by atoms with Crippen molar-refractivity contribution in [2.24, 2.45) is 5.92 Å². The fourth-order valence-corrected chi connectivity index (χ4v) is 2.93. The summed E-state index contributed by atoms with van der Waals surface area (Å²) in [7, 11) is 0. The third-order valence-corrected chi connectivity index (χ3v) is 3.99. The molecule has 4 nitrogen and oxygen atoms in total. The van der Waals surface area contributed by atoms with Crippen molar-refractivity contribution >= 4 is 17.5 Å². The van der Waals surface area contributed by atoms with Crippen LogP contribution < -0.4 is 14.8 Å². The lowest BCUT2D eigenvalue weighted by atomic mass is 10.0. The van der Waals surface area contributed by atoms with Gasteiger partial charge in [-0.15, -0.1) is 0 Å². The number of hydrogen-bond acceptors (Lipinski definition) is 3. The number of carbonyl (C=O) groups excluding carboxylic acids is 1. The molecule has 2 rings (SSSR count). The molecule has 0 spiro atoms. The van der Waals surface area contributed by atoms with Crippen LogP contribution in [-0.4, -0.2) is 25.7 Å². The summed E-state index contributed by atoms with van der Waals surface area (Å²) < 4.78 is 11.0. The lowest BCUT2D eigenvalue weighted by molar-refractivity contribution is -0.121. The van der Waals surface area contributed by atoms with E-state index in [1.54, 1.807) is 0 Å². The lowest BCUT2D eigenvalue weighted by Gasteiger charge is -2.20.